The molecule has 1 aliphatic rings. The van der Waals surface area contributed by atoms with E-state index < -0.39 is 10.0 Å². The van der Waals surface area contributed by atoms with Crippen LogP contribution in [0.1, 0.15) is 45.8 Å². The first-order valence-corrected chi connectivity index (χ1v) is 9.09. The molecule has 1 N–H and O–H groups in total. The van der Waals surface area contributed by atoms with Crippen molar-refractivity contribution < 1.29 is 12.8 Å². The van der Waals surface area contributed by atoms with Gasteiger partial charge in [-0.25, -0.2) is 8.42 Å². The molecule has 0 bridgehead atoms. The molecule has 0 spiro atoms. The second kappa shape index (κ2) is 6.50. The molecule has 0 atom stereocenters. The van der Waals surface area contributed by atoms with Crippen LogP contribution in [0.15, 0.2) is 21.6 Å². The van der Waals surface area contributed by atoms with Gasteiger partial charge in [0.1, 0.15) is 5.76 Å². The van der Waals surface area contributed by atoms with E-state index in [1.807, 2.05) is 0 Å². The van der Waals surface area contributed by atoms with Crippen LogP contribution < -0.4 is 5.32 Å². The number of piperidine rings is 1. The molecule has 0 unspecified atom stereocenters. The Labute approximate surface area is 127 Å². The van der Waals surface area contributed by atoms with E-state index in [1.165, 1.54) is 0 Å². The summed E-state index contributed by atoms with van der Waals surface area (Å²) in [6, 6.07) is 3.31. The molecular weight excluding hydrogens is 288 g/mol. The van der Waals surface area contributed by atoms with Crippen LogP contribution in [-0.2, 0) is 16.6 Å². The number of nitrogens with one attached hydrogen (secondary N) is 1. The van der Waals surface area contributed by atoms with Crippen molar-refractivity contribution in [2.75, 3.05) is 19.6 Å². The van der Waals surface area contributed by atoms with Crippen molar-refractivity contribution >= 4 is 10.0 Å². The first kappa shape index (κ1) is 16.5. The fourth-order valence-electron chi connectivity index (χ4n) is 2.44. The zero-order valence-corrected chi connectivity index (χ0v) is 14.0. The van der Waals surface area contributed by atoms with E-state index >= 15 is 0 Å². The van der Waals surface area contributed by atoms with E-state index in [1.54, 1.807) is 16.4 Å². The van der Waals surface area contributed by atoms with Gasteiger partial charge in [0.15, 0.2) is 0 Å². The quantitative estimate of drug-likeness (QED) is 0.820. The molecule has 1 aromatic heterocycles. The Balaban J connectivity index is 2.03. The molecule has 2 heterocycles. The molecule has 0 aromatic carbocycles. The van der Waals surface area contributed by atoms with Gasteiger partial charge in [0.25, 0.3) is 10.0 Å². The normalized spacial score (nSPS) is 19.8. The molecule has 0 aliphatic carbocycles. The first-order valence-electron chi connectivity index (χ1n) is 7.65. The standard InChI is InChI=1S/C15H26N2O3S/c1-4-9-16-12-13-5-6-14(20-13)21(18,19)17-10-7-15(2,3)8-11-17/h5-6,16H,4,7-12H2,1-3H3. The van der Waals surface area contributed by atoms with Crippen LogP contribution in [0.3, 0.4) is 0 Å². The van der Waals surface area contributed by atoms with Gasteiger partial charge in [-0.2, -0.15) is 4.31 Å². The molecule has 0 amide bonds. The lowest BCUT2D eigenvalue weighted by molar-refractivity contribution is 0.193. The van der Waals surface area contributed by atoms with Crippen molar-refractivity contribution in [3.63, 3.8) is 0 Å². The minimum atomic E-state index is -3.48. The number of hydrogen-bond acceptors (Lipinski definition) is 4. The summed E-state index contributed by atoms with van der Waals surface area (Å²) in [4.78, 5) is 0. The average molecular weight is 314 g/mol. The molecule has 1 fully saturated rings. The van der Waals surface area contributed by atoms with E-state index in [2.05, 4.69) is 26.1 Å². The first-order chi connectivity index (χ1) is 9.85. The Morgan fingerprint density at radius 3 is 2.57 bits per heavy atom. The topological polar surface area (TPSA) is 62.6 Å². The molecule has 120 valence electrons. The van der Waals surface area contributed by atoms with E-state index in [-0.39, 0.29) is 10.5 Å². The van der Waals surface area contributed by atoms with Crippen LogP contribution in [0.5, 0.6) is 0 Å². The van der Waals surface area contributed by atoms with Gasteiger partial charge in [0.2, 0.25) is 5.09 Å². The smallest absolute Gasteiger partial charge is 0.276 e. The molecular formula is C15H26N2O3S. The molecule has 0 saturated carbocycles. The van der Waals surface area contributed by atoms with Crippen LogP contribution in [0.25, 0.3) is 0 Å². The van der Waals surface area contributed by atoms with Gasteiger partial charge in [-0.05, 0) is 43.4 Å². The third kappa shape index (κ3) is 4.08. The zero-order chi connectivity index (χ0) is 15.5. The van der Waals surface area contributed by atoms with Crippen molar-refractivity contribution in [2.24, 2.45) is 5.41 Å². The van der Waals surface area contributed by atoms with Gasteiger partial charge in [-0.3, -0.25) is 0 Å². The fraction of sp³-hybridized carbons (Fsp3) is 0.733. The summed E-state index contributed by atoms with van der Waals surface area (Å²) in [6.07, 6.45) is 2.81. The third-order valence-electron chi connectivity index (χ3n) is 4.03. The summed E-state index contributed by atoms with van der Waals surface area (Å²) >= 11 is 0. The van der Waals surface area contributed by atoms with Crippen LogP contribution in [-0.4, -0.2) is 32.4 Å². The maximum Gasteiger partial charge on any atom is 0.276 e. The highest BCUT2D eigenvalue weighted by atomic mass is 32.2. The number of sulfonamides is 1. The number of furan rings is 1. The summed E-state index contributed by atoms with van der Waals surface area (Å²) in [5.74, 6) is 0.666. The number of rotatable bonds is 6. The van der Waals surface area contributed by atoms with Gasteiger partial charge in [0.05, 0.1) is 6.54 Å². The molecule has 0 radical (unpaired) electrons. The van der Waals surface area contributed by atoms with Gasteiger partial charge in [-0.1, -0.05) is 20.8 Å². The van der Waals surface area contributed by atoms with Gasteiger partial charge >= 0.3 is 0 Å². The van der Waals surface area contributed by atoms with Crippen molar-refractivity contribution in [2.45, 2.75) is 51.7 Å². The Bertz CT molecular complexity index is 553. The van der Waals surface area contributed by atoms with Crippen LogP contribution >= 0.6 is 0 Å². The second-order valence-electron chi connectivity index (χ2n) is 6.47. The SMILES string of the molecule is CCCNCc1ccc(S(=O)(=O)N2CCC(C)(C)CC2)o1. The lowest BCUT2D eigenvalue weighted by Gasteiger charge is -2.35. The minimum absolute atomic E-state index is 0.0653. The molecule has 21 heavy (non-hydrogen) atoms. The Hall–Kier alpha value is -0.850. The lowest BCUT2D eigenvalue weighted by atomic mass is 9.83. The van der Waals surface area contributed by atoms with E-state index in [0.29, 0.717) is 25.4 Å². The highest BCUT2D eigenvalue weighted by molar-refractivity contribution is 7.89. The molecule has 1 aromatic rings. The maximum atomic E-state index is 12.6. The van der Waals surface area contributed by atoms with E-state index in [0.717, 1.165) is 25.8 Å². The van der Waals surface area contributed by atoms with Crippen molar-refractivity contribution in [3.8, 4) is 0 Å². The molecule has 5 nitrogen and oxygen atoms in total. The Kier molecular flexibility index (Phi) is 5.11. The monoisotopic (exact) mass is 314 g/mol. The second-order valence-corrected chi connectivity index (χ2v) is 8.33. The number of hydrogen-bond donors (Lipinski definition) is 1. The highest BCUT2D eigenvalue weighted by Crippen LogP contribution is 2.32. The molecule has 2 rings (SSSR count). The highest BCUT2D eigenvalue weighted by Gasteiger charge is 2.34. The minimum Gasteiger partial charge on any atom is -0.447 e. The average Bonchev–Trinajstić information content (AvgIpc) is 2.88. The van der Waals surface area contributed by atoms with Crippen molar-refractivity contribution in [1.29, 1.82) is 0 Å². The largest absolute Gasteiger partial charge is 0.447 e. The van der Waals surface area contributed by atoms with Crippen LogP contribution in [0, 0.1) is 5.41 Å². The predicted octanol–water partition coefficient (Wildman–Crippen LogP) is 2.59. The maximum absolute atomic E-state index is 12.6. The molecule has 1 saturated heterocycles. The number of nitrogens with zero attached hydrogens (tertiary/aromatic N) is 1. The van der Waals surface area contributed by atoms with Crippen LogP contribution in [0.4, 0.5) is 0 Å². The summed E-state index contributed by atoms with van der Waals surface area (Å²) < 4.78 is 32.2. The lowest BCUT2D eigenvalue weighted by Crippen LogP contribution is -2.40. The fourth-order valence-corrected chi connectivity index (χ4v) is 3.81. The zero-order valence-electron chi connectivity index (χ0n) is 13.2. The Morgan fingerprint density at radius 2 is 1.95 bits per heavy atom. The summed E-state index contributed by atoms with van der Waals surface area (Å²) in [5.41, 5.74) is 0.227. The van der Waals surface area contributed by atoms with Crippen molar-refractivity contribution in [3.05, 3.63) is 17.9 Å². The van der Waals surface area contributed by atoms with E-state index in [9.17, 15) is 8.42 Å². The predicted molar refractivity (Wildman–Crippen MR) is 82.5 cm³/mol. The summed E-state index contributed by atoms with van der Waals surface area (Å²) in [7, 11) is -3.48. The molecule has 1 aliphatic heterocycles. The molecule has 6 heteroatoms. The van der Waals surface area contributed by atoms with Crippen LogP contribution in [0.2, 0.25) is 0 Å². The van der Waals surface area contributed by atoms with Crippen molar-refractivity contribution in [1.82, 2.24) is 9.62 Å². The summed E-state index contributed by atoms with van der Waals surface area (Å²) in [5, 5.41) is 3.27. The third-order valence-corrected chi connectivity index (χ3v) is 5.81. The Morgan fingerprint density at radius 1 is 1.29 bits per heavy atom. The van der Waals surface area contributed by atoms with Gasteiger partial charge in [0, 0.05) is 13.1 Å². The summed E-state index contributed by atoms with van der Waals surface area (Å²) in [6.45, 7) is 9.05. The van der Waals surface area contributed by atoms with E-state index in [4.69, 9.17) is 4.42 Å². The van der Waals surface area contributed by atoms with Gasteiger partial charge < -0.3 is 9.73 Å². The van der Waals surface area contributed by atoms with Gasteiger partial charge in [-0.15, -0.1) is 0 Å².